The Morgan fingerprint density at radius 3 is 1.37 bits per heavy atom. The van der Waals surface area contributed by atoms with E-state index in [9.17, 15) is 20.1 Å². The van der Waals surface area contributed by atoms with Crippen molar-refractivity contribution in [2.75, 3.05) is 0 Å². The molecule has 1 amide bonds. The van der Waals surface area contributed by atoms with Gasteiger partial charge >= 0.3 is 0 Å². The SMILES string of the molecule is C=CCCCCCCC/C=C/CC/C=C/CCCC/C=C/CCCCC(O)C/C=C/CCC(O)CCCC(=O)NC1CC1.CCCCCCCCCCCCCCC(O)CCCC. The smallest absolute Gasteiger partial charge is 0.220 e. The third kappa shape index (κ3) is 52.6. The number of hydrogen-bond donors (Lipinski definition) is 4. The molecular weight excluding hydrogens is 775 g/mol. The standard InChI is InChI=1S/C39H67NO3.C19H40O/c1-2-3-4-5-6-7-8-9-10-11-12-13-14-15-16-17-18-19-20-21-22-23-25-29-37(41)30-26-24-27-31-38(42)32-28-33-39(43)40-36-34-35-36;1-3-5-7-8-9-10-11-12-13-14-15-16-18-19(20)17-6-4-2/h2,10-11,14-15,20-21,24,26,36-38,41-42H,1,3-9,12-13,16-19,22-23,25,27-35H2,(H,40,43);19-20H,3-18H2,1-2H3/b11-10+,15-14+,21-20+,26-24+;. The van der Waals surface area contributed by atoms with Gasteiger partial charge in [0.15, 0.2) is 0 Å². The molecule has 5 nitrogen and oxygen atoms in total. The summed E-state index contributed by atoms with van der Waals surface area (Å²) in [6.07, 6.45) is 67.5. The van der Waals surface area contributed by atoms with E-state index in [1.165, 1.54) is 167 Å². The molecule has 5 heteroatoms. The van der Waals surface area contributed by atoms with Gasteiger partial charge in [-0.1, -0.05) is 184 Å². The van der Waals surface area contributed by atoms with Crippen LogP contribution in [0.2, 0.25) is 0 Å². The highest BCUT2D eigenvalue weighted by atomic mass is 16.3. The number of carbonyl (C=O) groups excluding carboxylic acids is 1. The Kier molecular flexibility index (Phi) is 49.5. The number of aliphatic hydroxyl groups excluding tert-OH is 3. The second-order valence-corrected chi connectivity index (χ2v) is 19.0. The van der Waals surface area contributed by atoms with E-state index in [4.69, 9.17) is 0 Å². The molecule has 1 rings (SSSR count). The summed E-state index contributed by atoms with van der Waals surface area (Å²) in [5.74, 6) is 0.121. The van der Waals surface area contributed by atoms with Gasteiger partial charge in [0.2, 0.25) is 5.91 Å². The first-order chi connectivity index (χ1) is 30.9. The molecule has 1 aliphatic carbocycles. The summed E-state index contributed by atoms with van der Waals surface area (Å²) < 4.78 is 0. The molecule has 63 heavy (non-hydrogen) atoms. The van der Waals surface area contributed by atoms with E-state index in [1.54, 1.807) is 0 Å². The summed E-state index contributed by atoms with van der Waals surface area (Å²) in [5, 5.41) is 33.0. The van der Waals surface area contributed by atoms with Crippen LogP contribution in [0, 0.1) is 0 Å². The highest BCUT2D eigenvalue weighted by Crippen LogP contribution is 2.19. The summed E-state index contributed by atoms with van der Waals surface area (Å²) in [5.41, 5.74) is 0. The number of nitrogens with one attached hydrogen (secondary N) is 1. The van der Waals surface area contributed by atoms with Gasteiger partial charge in [0, 0.05) is 12.5 Å². The average molecular weight is 882 g/mol. The molecule has 0 aromatic heterocycles. The number of allylic oxidation sites excluding steroid dienone is 8. The molecule has 0 saturated heterocycles. The van der Waals surface area contributed by atoms with Crippen LogP contribution in [0.1, 0.15) is 277 Å². The minimum absolute atomic E-state index is 0.0296. The molecule has 4 N–H and O–H groups in total. The van der Waals surface area contributed by atoms with Crippen molar-refractivity contribution in [2.24, 2.45) is 0 Å². The predicted molar refractivity (Wildman–Crippen MR) is 277 cm³/mol. The lowest BCUT2D eigenvalue weighted by Gasteiger charge is -2.09. The zero-order chi connectivity index (χ0) is 45.9. The minimum Gasteiger partial charge on any atom is -0.393 e. The zero-order valence-electron chi connectivity index (χ0n) is 42.0. The number of aliphatic hydroxyl groups is 3. The van der Waals surface area contributed by atoms with E-state index >= 15 is 0 Å². The first-order valence-corrected chi connectivity index (χ1v) is 27.5. The van der Waals surface area contributed by atoms with Crippen molar-refractivity contribution in [1.82, 2.24) is 5.32 Å². The van der Waals surface area contributed by atoms with Crippen LogP contribution in [0.3, 0.4) is 0 Å². The molecule has 0 aromatic carbocycles. The van der Waals surface area contributed by atoms with Crippen LogP contribution in [0.4, 0.5) is 0 Å². The van der Waals surface area contributed by atoms with Crippen LogP contribution in [-0.4, -0.2) is 45.6 Å². The van der Waals surface area contributed by atoms with Crippen LogP contribution in [0.15, 0.2) is 61.3 Å². The molecular formula is C58H107NO4. The molecule has 0 aliphatic heterocycles. The summed E-state index contributed by atoms with van der Waals surface area (Å²) in [6, 6.07) is 0.415. The molecule has 1 fully saturated rings. The Balaban J connectivity index is 0.00000161. The number of carbonyl (C=O) groups is 1. The second kappa shape index (κ2) is 51.0. The van der Waals surface area contributed by atoms with E-state index in [-0.39, 0.29) is 24.2 Å². The number of rotatable bonds is 47. The molecule has 1 saturated carbocycles. The van der Waals surface area contributed by atoms with Crippen molar-refractivity contribution >= 4 is 5.91 Å². The van der Waals surface area contributed by atoms with Crippen molar-refractivity contribution < 1.29 is 20.1 Å². The highest BCUT2D eigenvalue weighted by Gasteiger charge is 2.22. The quantitative estimate of drug-likeness (QED) is 0.0362. The number of amides is 1. The topological polar surface area (TPSA) is 89.8 Å². The van der Waals surface area contributed by atoms with E-state index in [2.05, 4.69) is 68.3 Å². The van der Waals surface area contributed by atoms with Crippen LogP contribution < -0.4 is 5.32 Å². The van der Waals surface area contributed by atoms with Crippen molar-refractivity contribution in [3.05, 3.63) is 61.3 Å². The lowest BCUT2D eigenvalue weighted by atomic mass is 10.0. The molecule has 0 radical (unpaired) electrons. The lowest BCUT2D eigenvalue weighted by Crippen LogP contribution is -2.25. The first-order valence-electron chi connectivity index (χ1n) is 27.5. The predicted octanol–water partition coefficient (Wildman–Crippen LogP) is 17.0. The van der Waals surface area contributed by atoms with Crippen LogP contribution in [-0.2, 0) is 4.79 Å². The van der Waals surface area contributed by atoms with E-state index in [0.29, 0.717) is 25.3 Å². The summed E-state index contributed by atoms with van der Waals surface area (Å²) >= 11 is 0. The van der Waals surface area contributed by atoms with Gasteiger partial charge in [0.05, 0.1) is 18.3 Å². The summed E-state index contributed by atoms with van der Waals surface area (Å²) in [6.45, 7) is 8.25. The van der Waals surface area contributed by atoms with Gasteiger partial charge in [-0.25, -0.2) is 0 Å². The minimum atomic E-state index is -0.349. The van der Waals surface area contributed by atoms with Gasteiger partial charge in [-0.15, -0.1) is 6.58 Å². The zero-order valence-corrected chi connectivity index (χ0v) is 42.0. The fourth-order valence-corrected chi connectivity index (χ4v) is 7.90. The number of hydrogen-bond acceptors (Lipinski definition) is 4. The van der Waals surface area contributed by atoms with Crippen LogP contribution in [0.25, 0.3) is 0 Å². The maximum atomic E-state index is 11.7. The fourth-order valence-electron chi connectivity index (χ4n) is 7.90. The largest absolute Gasteiger partial charge is 0.393 e. The molecule has 368 valence electrons. The first kappa shape index (κ1) is 61.0. The molecule has 1 aliphatic rings. The molecule has 0 spiro atoms. The Bertz CT molecular complexity index is 1060. The molecule has 0 heterocycles. The van der Waals surface area contributed by atoms with Crippen molar-refractivity contribution in [1.29, 1.82) is 0 Å². The molecule has 0 aromatic rings. The molecule has 0 bridgehead atoms. The summed E-state index contributed by atoms with van der Waals surface area (Å²) in [4.78, 5) is 11.7. The van der Waals surface area contributed by atoms with Gasteiger partial charge < -0.3 is 20.6 Å². The highest BCUT2D eigenvalue weighted by molar-refractivity contribution is 5.76. The number of unbranched alkanes of at least 4 members (excludes halogenated alkanes) is 24. The van der Waals surface area contributed by atoms with Crippen LogP contribution in [0.5, 0.6) is 0 Å². The van der Waals surface area contributed by atoms with Crippen LogP contribution >= 0.6 is 0 Å². The van der Waals surface area contributed by atoms with Gasteiger partial charge in [-0.05, 0) is 141 Å². The average Bonchev–Trinajstić information content (AvgIpc) is 4.10. The third-order valence-corrected chi connectivity index (χ3v) is 12.3. The van der Waals surface area contributed by atoms with Crippen molar-refractivity contribution in [3.63, 3.8) is 0 Å². The van der Waals surface area contributed by atoms with Gasteiger partial charge in [0.25, 0.3) is 0 Å². The Morgan fingerprint density at radius 2 is 0.825 bits per heavy atom. The summed E-state index contributed by atoms with van der Waals surface area (Å²) in [7, 11) is 0. The third-order valence-electron chi connectivity index (χ3n) is 12.3. The second-order valence-electron chi connectivity index (χ2n) is 19.0. The van der Waals surface area contributed by atoms with Gasteiger partial charge in [-0.2, -0.15) is 0 Å². The Labute approximate surface area is 392 Å². The monoisotopic (exact) mass is 882 g/mol. The van der Waals surface area contributed by atoms with E-state index < -0.39 is 0 Å². The normalized spacial score (nSPS) is 14.5. The molecule has 3 unspecified atom stereocenters. The maximum Gasteiger partial charge on any atom is 0.220 e. The van der Waals surface area contributed by atoms with Gasteiger partial charge in [-0.3, -0.25) is 4.79 Å². The maximum absolute atomic E-state index is 11.7. The van der Waals surface area contributed by atoms with Gasteiger partial charge in [0.1, 0.15) is 0 Å². The van der Waals surface area contributed by atoms with E-state index in [1.807, 2.05) is 12.2 Å². The van der Waals surface area contributed by atoms with Crippen molar-refractivity contribution in [2.45, 2.75) is 301 Å². The fraction of sp³-hybridized carbons (Fsp3) is 0.810. The lowest BCUT2D eigenvalue weighted by molar-refractivity contribution is -0.121. The Hall–Kier alpha value is -1.95. The Morgan fingerprint density at radius 1 is 0.444 bits per heavy atom. The molecule has 3 atom stereocenters. The van der Waals surface area contributed by atoms with E-state index in [0.717, 1.165) is 77.0 Å². The van der Waals surface area contributed by atoms with Crippen molar-refractivity contribution in [3.8, 4) is 0 Å².